The SMILES string of the molecule is CN(CC1CNC1)c1ccc2c(c1)NC(=O)CO2. The standard InChI is InChI=1S/C13H17N3O2/c1-16(7-9-5-14-6-9)10-2-3-12-11(4-10)15-13(17)8-18-12/h2-4,9,14H,5-8H2,1H3,(H,15,17). The fourth-order valence-electron chi connectivity index (χ4n) is 2.28. The minimum Gasteiger partial charge on any atom is -0.482 e. The van der Waals surface area contributed by atoms with Gasteiger partial charge in [0.25, 0.3) is 5.91 Å². The van der Waals surface area contributed by atoms with Crippen molar-refractivity contribution in [2.24, 2.45) is 5.92 Å². The van der Waals surface area contributed by atoms with E-state index >= 15 is 0 Å². The summed E-state index contributed by atoms with van der Waals surface area (Å²) in [5.74, 6) is 1.37. The maximum atomic E-state index is 11.3. The molecule has 0 spiro atoms. The van der Waals surface area contributed by atoms with Crippen LogP contribution in [-0.4, -0.2) is 39.2 Å². The molecule has 0 bridgehead atoms. The third-order valence-electron chi connectivity index (χ3n) is 3.43. The molecule has 1 amide bonds. The second-order valence-electron chi connectivity index (χ2n) is 4.92. The summed E-state index contributed by atoms with van der Waals surface area (Å²) >= 11 is 0. The maximum Gasteiger partial charge on any atom is 0.262 e. The maximum absolute atomic E-state index is 11.3. The van der Waals surface area contributed by atoms with Crippen molar-refractivity contribution in [3.63, 3.8) is 0 Å². The summed E-state index contributed by atoms with van der Waals surface area (Å²) in [5.41, 5.74) is 1.87. The molecule has 0 aromatic heterocycles. The van der Waals surface area contributed by atoms with Gasteiger partial charge in [-0.2, -0.15) is 0 Å². The van der Waals surface area contributed by atoms with Crippen molar-refractivity contribution < 1.29 is 9.53 Å². The number of rotatable bonds is 3. The Kier molecular flexibility index (Phi) is 2.83. The molecule has 2 aliphatic heterocycles. The first-order chi connectivity index (χ1) is 8.72. The number of hydrogen-bond donors (Lipinski definition) is 2. The number of fused-ring (bicyclic) bond motifs is 1. The van der Waals surface area contributed by atoms with Crippen LogP contribution in [0.5, 0.6) is 5.75 Å². The van der Waals surface area contributed by atoms with Crippen LogP contribution in [0.25, 0.3) is 0 Å². The third-order valence-corrected chi connectivity index (χ3v) is 3.43. The molecule has 2 N–H and O–H groups in total. The first-order valence-corrected chi connectivity index (χ1v) is 6.21. The molecule has 1 saturated heterocycles. The topological polar surface area (TPSA) is 53.6 Å². The Morgan fingerprint density at radius 2 is 2.28 bits per heavy atom. The quantitative estimate of drug-likeness (QED) is 0.824. The zero-order valence-electron chi connectivity index (χ0n) is 10.4. The van der Waals surface area contributed by atoms with E-state index in [-0.39, 0.29) is 12.5 Å². The van der Waals surface area contributed by atoms with Crippen LogP contribution in [-0.2, 0) is 4.79 Å². The summed E-state index contributed by atoms with van der Waals surface area (Å²) in [6.45, 7) is 3.32. The number of nitrogens with zero attached hydrogens (tertiary/aromatic N) is 1. The summed E-state index contributed by atoms with van der Waals surface area (Å²) in [4.78, 5) is 13.5. The van der Waals surface area contributed by atoms with E-state index in [0.717, 1.165) is 42.7 Å². The highest BCUT2D eigenvalue weighted by Crippen LogP contribution is 2.31. The van der Waals surface area contributed by atoms with Crippen molar-refractivity contribution in [3.05, 3.63) is 18.2 Å². The molecule has 1 aromatic rings. The van der Waals surface area contributed by atoms with Gasteiger partial charge < -0.3 is 20.3 Å². The molecule has 3 rings (SSSR count). The van der Waals surface area contributed by atoms with Gasteiger partial charge >= 0.3 is 0 Å². The molecular weight excluding hydrogens is 230 g/mol. The first-order valence-electron chi connectivity index (χ1n) is 6.21. The lowest BCUT2D eigenvalue weighted by Crippen LogP contribution is -2.47. The fourth-order valence-corrected chi connectivity index (χ4v) is 2.28. The summed E-state index contributed by atoms with van der Waals surface area (Å²) in [5, 5.41) is 6.10. The van der Waals surface area contributed by atoms with Crippen molar-refractivity contribution in [1.29, 1.82) is 0 Å². The summed E-state index contributed by atoms with van der Waals surface area (Å²) in [6, 6.07) is 5.92. The van der Waals surface area contributed by atoms with Gasteiger partial charge in [0.15, 0.2) is 6.61 Å². The highest BCUT2D eigenvalue weighted by Gasteiger charge is 2.20. The van der Waals surface area contributed by atoms with Crippen molar-refractivity contribution >= 4 is 17.3 Å². The van der Waals surface area contributed by atoms with E-state index in [0.29, 0.717) is 0 Å². The van der Waals surface area contributed by atoms with Crippen LogP contribution in [0, 0.1) is 5.92 Å². The van der Waals surface area contributed by atoms with E-state index < -0.39 is 0 Å². The molecule has 2 aliphatic rings. The number of carbonyl (C=O) groups excluding carboxylic acids is 1. The first kappa shape index (κ1) is 11.3. The predicted octanol–water partition coefficient (Wildman–Crippen LogP) is 0.673. The van der Waals surface area contributed by atoms with E-state index in [1.807, 2.05) is 18.2 Å². The van der Waals surface area contributed by atoms with Gasteiger partial charge in [0.05, 0.1) is 5.69 Å². The van der Waals surface area contributed by atoms with Gasteiger partial charge in [0.2, 0.25) is 0 Å². The molecule has 2 heterocycles. The average Bonchev–Trinajstić information content (AvgIpc) is 2.32. The van der Waals surface area contributed by atoms with E-state index in [1.165, 1.54) is 0 Å². The predicted molar refractivity (Wildman–Crippen MR) is 70.2 cm³/mol. The van der Waals surface area contributed by atoms with Crippen LogP contribution in [0.15, 0.2) is 18.2 Å². The van der Waals surface area contributed by atoms with Gasteiger partial charge in [-0.05, 0) is 18.2 Å². The molecule has 0 atom stereocenters. The van der Waals surface area contributed by atoms with Gasteiger partial charge in [0.1, 0.15) is 5.75 Å². The Labute approximate surface area is 106 Å². The smallest absolute Gasteiger partial charge is 0.262 e. The Balaban J connectivity index is 1.75. The largest absolute Gasteiger partial charge is 0.482 e. The number of nitrogens with one attached hydrogen (secondary N) is 2. The average molecular weight is 247 g/mol. The van der Waals surface area contributed by atoms with E-state index in [1.54, 1.807) is 0 Å². The lowest BCUT2D eigenvalue weighted by atomic mass is 10.0. The number of ether oxygens (including phenoxy) is 1. The van der Waals surface area contributed by atoms with Crippen molar-refractivity contribution in [3.8, 4) is 5.75 Å². The number of anilines is 2. The van der Waals surface area contributed by atoms with Gasteiger partial charge in [-0.15, -0.1) is 0 Å². The normalized spacial score (nSPS) is 18.4. The summed E-state index contributed by atoms with van der Waals surface area (Å²) in [7, 11) is 2.07. The summed E-state index contributed by atoms with van der Waals surface area (Å²) in [6.07, 6.45) is 0. The highest BCUT2D eigenvalue weighted by molar-refractivity contribution is 5.96. The van der Waals surface area contributed by atoms with E-state index in [2.05, 4.69) is 22.6 Å². The molecular formula is C13H17N3O2. The lowest BCUT2D eigenvalue weighted by Gasteiger charge is -2.32. The minimum atomic E-state index is -0.0921. The van der Waals surface area contributed by atoms with Crippen LogP contribution in [0.4, 0.5) is 11.4 Å². The second kappa shape index (κ2) is 4.49. The molecule has 0 saturated carbocycles. The molecule has 5 heteroatoms. The Bertz CT molecular complexity index is 471. The van der Waals surface area contributed by atoms with Gasteiger partial charge in [-0.1, -0.05) is 0 Å². The molecule has 5 nitrogen and oxygen atoms in total. The molecule has 1 aromatic carbocycles. The molecule has 1 fully saturated rings. The van der Waals surface area contributed by atoms with Crippen molar-refractivity contribution in [1.82, 2.24) is 5.32 Å². The lowest BCUT2D eigenvalue weighted by molar-refractivity contribution is -0.118. The molecule has 0 unspecified atom stereocenters. The number of benzene rings is 1. The van der Waals surface area contributed by atoms with Crippen molar-refractivity contribution in [2.45, 2.75) is 0 Å². The zero-order valence-corrected chi connectivity index (χ0v) is 10.4. The highest BCUT2D eigenvalue weighted by atomic mass is 16.5. The van der Waals surface area contributed by atoms with Crippen LogP contribution in [0.2, 0.25) is 0 Å². The monoisotopic (exact) mass is 247 g/mol. The molecule has 0 radical (unpaired) electrons. The van der Waals surface area contributed by atoms with Gasteiger partial charge in [0, 0.05) is 38.3 Å². The number of amides is 1. The van der Waals surface area contributed by atoms with Gasteiger partial charge in [-0.3, -0.25) is 4.79 Å². The summed E-state index contributed by atoms with van der Waals surface area (Å²) < 4.78 is 5.34. The molecule has 18 heavy (non-hydrogen) atoms. The fraction of sp³-hybridized carbons (Fsp3) is 0.462. The number of carbonyl (C=O) groups is 1. The molecule has 96 valence electrons. The van der Waals surface area contributed by atoms with Crippen molar-refractivity contribution in [2.75, 3.05) is 43.5 Å². The zero-order chi connectivity index (χ0) is 12.5. The second-order valence-corrected chi connectivity index (χ2v) is 4.92. The van der Waals surface area contributed by atoms with E-state index in [9.17, 15) is 4.79 Å². The Morgan fingerprint density at radius 1 is 1.44 bits per heavy atom. The minimum absolute atomic E-state index is 0.0921. The van der Waals surface area contributed by atoms with Crippen LogP contribution in [0.3, 0.4) is 0 Å². The Hall–Kier alpha value is -1.75. The molecule has 0 aliphatic carbocycles. The van der Waals surface area contributed by atoms with E-state index in [4.69, 9.17) is 4.74 Å². The Morgan fingerprint density at radius 3 is 3.00 bits per heavy atom. The van der Waals surface area contributed by atoms with Crippen LogP contribution >= 0.6 is 0 Å². The van der Waals surface area contributed by atoms with Crippen LogP contribution in [0.1, 0.15) is 0 Å². The number of hydrogen-bond acceptors (Lipinski definition) is 4. The van der Waals surface area contributed by atoms with Crippen LogP contribution < -0.4 is 20.3 Å². The van der Waals surface area contributed by atoms with Gasteiger partial charge in [-0.25, -0.2) is 0 Å². The third kappa shape index (κ3) is 2.13.